The standard InChI is InChI=1S/C17H17F3N2O6S/c1-27-12-6-5-10(8-13(12)28-2)11-9-14(17(18,19)20)22-16(21-11)29(25,26)7-3-4-15(23)24/h5-6,8-9H,3-4,7H2,1-2H3,(H,23,24)/p-1. The number of halogens is 3. The maximum Gasteiger partial charge on any atom is 0.433 e. The van der Waals surface area contributed by atoms with Crippen LogP contribution in [0.5, 0.6) is 11.5 Å². The molecular weight excluding hydrogens is 417 g/mol. The molecule has 158 valence electrons. The van der Waals surface area contributed by atoms with Crippen molar-refractivity contribution in [2.24, 2.45) is 0 Å². The summed E-state index contributed by atoms with van der Waals surface area (Å²) >= 11 is 0. The van der Waals surface area contributed by atoms with Gasteiger partial charge in [0.05, 0.1) is 25.7 Å². The van der Waals surface area contributed by atoms with Crippen LogP contribution in [0.3, 0.4) is 0 Å². The summed E-state index contributed by atoms with van der Waals surface area (Å²) in [4.78, 5) is 17.3. The number of aliphatic carboxylic acids is 1. The van der Waals surface area contributed by atoms with Gasteiger partial charge in [-0.15, -0.1) is 0 Å². The number of nitrogens with zero attached hydrogens (tertiary/aromatic N) is 2. The van der Waals surface area contributed by atoms with Crippen LogP contribution in [-0.4, -0.2) is 44.3 Å². The Morgan fingerprint density at radius 1 is 1.10 bits per heavy atom. The fourth-order valence-corrected chi connectivity index (χ4v) is 3.53. The third-order valence-electron chi connectivity index (χ3n) is 3.75. The highest BCUT2D eigenvalue weighted by Gasteiger charge is 2.35. The number of carbonyl (C=O) groups excluding carboxylic acids is 1. The molecule has 0 saturated carbocycles. The van der Waals surface area contributed by atoms with Crippen LogP contribution in [-0.2, 0) is 20.8 Å². The largest absolute Gasteiger partial charge is 0.550 e. The average molecular weight is 433 g/mol. The predicted octanol–water partition coefficient (Wildman–Crippen LogP) is 1.48. The minimum absolute atomic E-state index is 0.140. The van der Waals surface area contributed by atoms with Crippen molar-refractivity contribution in [1.29, 1.82) is 0 Å². The van der Waals surface area contributed by atoms with Gasteiger partial charge in [-0.2, -0.15) is 13.2 Å². The molecular formula is C17H16F3N2O6S-. The van der Waals surface area contributed by atoms with E-state index in [-0.39, 0.29) is 23.4 Å². The van der Waals surface area contributed by atoms with E-state index in [2.05, 4.69) is 9.97 Å². The second kappa shape index (κ2) is 8.64. The van der Waals surface area contributed by atoms with Gasteiger partial charge in [0.15, 0.2) is 11.5 Å². The topological polar surface area (TPSA) is 119 Å². The second-order valence-electron chi connectivity index (χ2n) is 5.78. The normalized spacial score (nSPS) is 11.9. The van der Waals surface area contributed by atoms with Gasteiger partial charge in [-0.3, -0.25) is 0 Å². The Morgan fingerprint density at radius 2 is 1.76 bits per heavy atom. The Bertz CT molecular complexity index is 1010. The van der Waals surface area contributed by atoms with Crippen LogP contribution in [0.2, 0.25) is 0 Å². The summed E-state index contributed by atoms with van der Waals surface area (Å²) in [5, 5.41) is 9.41. The first-order chi connectivity index (χ1) is 13.5. The zero-order chi connectivity index (χ0) is 21.8. The van der Waals surface area contributed by atoms with Crippen molar-refractivity contribution in [2.75, 3.05) is 20.0 Å². The molecule has 0 aliphatic heterocycles. The minimum atomic E-state index is -4.93. The molecule has 0 fully saturated rings. The first-order valence-electron chi connectivity index (χ1n) is 8.09. The fourth-order valence-electron chi connectivity index (χ4n) is 2.35. The molecule has 2 rings (SSSR count). The van der Waals surface area contributed by atoms with Gasteiger partial charge in [-0.1, -0.05) is 0 Å². The summed E-state index contributed by atoms with van der Waals surface area (Å²) < 4.78 is 74.6. The summed E-state index contributed by atoms with van der Waals surface area (Å²) in [5.74, 6) is -1.70. The van der Waals surface area contributed by atoms with Crippen LogP contribution in [0.25, 0.3) is 11.3 Å². The van der Waals surface area contributed by atoms with E-state index in [1.165, 1.54) is 32.4 Å². The van der Waals surface area contributed by atoms with Gasteiger partial charge in [0.2, 0.25) is 15.0 Å². The number of aromatic nitrogens is 2. The first-order valence-corrected chi connectivity index (χ1v) is 9.74. The summed E-state index contributed by atoms with van der Waals surface area (Å²) in [6.45, 7) is 0. The van der Waals surface area contributed by atoms with Crippen molar-refractivity contribution in [3.8, 4) is 22.8 Å². The maximum atomic E-state index is 13.3. The van der Waals surface area contributed by atoms with Crippen molar-refractivity contribution >= 4 is 15.8 Å². The van der Waals surface area contributed by atoms with E-state index in [0.717, 1.165) is 0 Å². The third kappa shape index (κ3) is 5.56. The SMILES string of the molecule is COc1ccc(-c2cc(C(F)(F)F)nc(S(=O)(=O)CCCC(=O)[O-])n2)cc1OC. The smallest absolute Gasteiger partial charge is 0.433 e. The highest BCUT2D eigenvalue weighted by Crippen LogP contribution is 2.35. The number of carboxylic acids is 1. The van der Waals surface area contributed by atoms with Crippen molar-refractivity contribution in [1.82, 2.24) is 9.97 Å². The Morgan fingerprint density at radius 3 is 2.31 bits per heavy atom. The number of hydrogen-bond donors (Lipinski definition) is 0. The molecule has 2 aromatic rings. The van der Waals surface area contributed by atoms with E-state index < -0.39 is 45.0 Å². The highest BCUT2D eigenvalue weighted by molar-refractivity contribution is 7.91. The fraction of sp³-hybridized carbons (Fsp3) is 0.353. The van der Waals surface area contributed by atoms with Crippen LogP contribution in [0.1, 0.15) is 18.5 Å². The molecule has 0 amide bonds. The molecule has 0 bridgehead atoms. The molecule has 0 N–H and O–H groups in total. The number of hydrogen-bond acceptors (Lipinski definition) is 8. The molecule has 0 spiro atoms. The summed E-state index contributed by atoms with van der Waals surface area (Å²) in [6.07, 6.45) is -5.85. The van der Waals surface area contributed by atoms with E-state index in [0.29, 0.717) is 11.8 Å². The van der Waals surface area contributed by atoms with E-state index in [9.17, 15) is 31.5 Å². The summed E-state index contributed by atoms with van der Waals surface area (Å²) in [5.41, 5.74) is -1.61. The minimum Gasteiger partial charge on any atom is -0.550 e. The lowest BCUT2D eigenvalue weighted by atomic mass is 10.1. The van der Waals surface area contributed by atoms with Gasteiger partial charge in [-0.05, 0) is 37.1 Å². The van der Waals surface area contributed by atoms with Gasteiger partial charge in [-0.25, -0.2) is 18.4 Å². The summed E-state index contributed by atoms with van der Waals surface area (Å²) in [7, 11) is -1.66. The van der Waals surface area contributed by atoms with Gasteiger partial charge >= 0.3 is 6.18 Å². The number of benzene rings is 1. The molecule has 29 heavy (non-hydrogen) atoms. The van der Waals surface area contributed by atoms with E-state index in [1.54, 1.807) is 0 Å². The Labute approximate surface area is 164 Å². The lowest BCUT2D eigenvalue weighted by Gasteiger charge is -2.13. The molecule has 1 aromatic carbocycles. The number of carboxylic acid groups (broad SMARTS) is 1. The number of alkyl halides is 3. The second-order valence-corrected chi connectivity index (χ2v) is 7.79. The van der Waals surface area contributed by atoms with Gasteiger partial charge < -0.3 is 19.4 Å². The molecule has 12 heteroatoms. The molecule has 0 radical (unpaired) electrons. The number of ether oxygens (including phenoxy) is 2. The molecule has 0 aliphatic carbocycles. The van der Waals surface area contributed by atoms with Gasteiger partial charge in [0, 0.05) is 11.5 Å². The van der Waals surface area contributed by atoms with Crippen molar-refractivity contribution < 1.29 is 41.0 Å². The van der Waals surface area contributed by atoms with Crippen LogP contribution >= 0.6 is 0 Å². The average Bonchev–Trinajstić information content (AvgIpc) is 2.65. The Balaban J connectivity index is 2.57. The van der Waals surface area contributed by atoms with Crippen LogP contribution in [0.15, 0.2) is 29.4 Å². The monoisotopic (exact) mass is 433 g/mol. The molecule has 1 aromatic heterocycles. The Kier molecular flexibility index (Phi) is 6.67. The van der Waals surface area contributed by atoms with Gasteiger partial charge in [0.1, 0.15) is 5.69 Å². The molecule has 8 nitrogen and oxygen atoms in total. The predicted molar refractivity (Wildman–Crippen MR) is 91.9 cm³/mol. The van der Waals surface area contributed by atoms with E-state index in [1.807, 2.05) is 0 Å². The number of carbonyl (C=O) groups is 1. The Hall–Kier alpha value is -2.89. The molecule has 0 atom stereocenters. The first kappa shape index (κ1) is 22.4. The zero-order valence-electron chi connectivity index (χ0n) is 15.3. The number of methoxy groups -OCH3 is 2. The molecule has 0 unspecified atom stereocenters. The van der Waals surface area contributed by atoms with Gasteiger partial charge in [0.25, 0.3) is 0 Å². The lowest BCUT2D eigenvalue weighted by molar-refractivity contribution is -0.305. The number of sulfone groups is 1. The van der Waals surface area contributed by atoms with Crippen molar-refractivity contribution in [2.45, 2.75) is 24.2 Å². The summed E-state index contributed by atoms with van der Waals surface area (Å²) in [6, 6.07) is 4.77. The van der Waals surface area contributed by atoms with Crippen molar-refractivity contribution in [3.63, 3.8) is 0 Å². The highest BCUT2D eigenvalue weighted by atomic mass is 32.2. The van der Waals surface area contributed by atoms with Crippen LogP contribution < -0.4 is 14.6 Å². The molecule has 0 saturated heterocycles. The van der Waals surface area contributed by atoms with E-state index >= 15 is 0 Å². The van der Waals surface area contributed by atoms with E-state index in [4.69, 9.17) is 9.47 Å². The van der Waals surface area contributed by atoms with Crippen LogP contribution in [0, 0.1) is 0 Å². The zero-order valence-corrected chi connectivity index (χ0v) is 16.1. The lowest BCUT2D eigenvalue weighted by Crippen LogP contribution is -2.23. The van der Waals surface area contributed by atoms with Crippen molar-refractivity contribution in [3.05, 3.63) is 30.0 Å². The quantitative estimate of drug-likeness (QED) is 0.575. The van der Waals surface area contributed by atoms with Crippen LogP contribution in [0.4, 0.5) is 13.2 Å². The molecule has 1 heterocycles. The third-order valence-corrected chi connectivity index (χ3v) is 5.31. The number of rotatable bonds is 8. The molecule has 0 aliphatic rings. The maximum absolute atomic E-state index is 13.3.